The Hall–Kier alpha value is -2.46. The van der Waals surface area contributed by atoms with E-state index in [0.717, 1.165) is 17.1 Å². The Bertz CT molecular complexity index is 681. The first kappa shape index (κ1) is 17.9. The van der Waals surface area contributed by atoms with Crippen molar-refractivity contribution in [3.63, 3.8) is 0 Å². The van der Waals surface area contributed by atoms with Crippen LogP contribution in [0.1, 0.15) is 12.5 Å². The third-order valence-electron chi connectivity index (χ3n) is 3.25. The van der Waals surface area contributed by atoms with E-state index in [9.17, 15) is 4.79 Å². The Morgan fingerprint density at radius 2 is 1.75 bits per heavy atom. The standard InChI is InChI=1S/C19H20ClNO3/c1-14(13-24-18-10-8-17(23-2)9-11-18)21-19(22)12-5-15-3-6-16(20)7-4-15/h3-12,14H,13H2,1-2H3,(H,21,22)/b12-5+. The fourth-order valence-electron chi connectivity index (χ4n) is 1.97. The van der Waals surface area contributed by atoms with E-state index in [4.69, 9.17) is 21.1 Å². The first-order chi connectivity index (χ1) is 11.6. The van der Waals surface area contributed by atoms with Crippen molar-refractivity contribution in [3.8, 4) is 11.5 Å². The molecule has 2 aromatic carbocycles. The number of benzene rings is 2. The number of methoxy groups -OCH3 is 1. The Labute approximate surface area is 147 Å². The van der Waals surface area contributed by atoms with Crippen molar-refractivity contribution >= 4 is 23.6 Å². The zero-order valence-electron chi connectivity index (χ0n) is 13.7. The van der Waals surface area contributed by atoms with Gasteiger partial charge in [-0.25, -0.2) is 0 Å². The summed E-state index contributed by atoms with van der Waals surface area (Å²) in [7, 11) is 1.62. The lowest BCUT2D eigenvalue weighted by Crippen LogP contribution is -2.35. The van der Waals surface area contributed by atoms with Gasteiger partial charge in [-0.05, 0) is 55.0 Å². The predicted molar refractivity (Wildman–Crippen MR) is 96.6 cm³/mol. The largest absolute Gasteiger partial charge is 0.497 e. The van der Waals surface area contributed by atoms with Gasteiger partial charge in [0.05, 0.1) is 13.2 Å². The Balaban J connectivity index is 1.77. The predicted octanol–water partition coefficient (Wildman–Crippen LogP) is 3.95. The zero-order chi connectivity index (χ0) is 17.4. The van der Waals surface area contributed by atoms with Gasteiger partial charge in [-0.1, -0.05) is 23.7 Å². The highest BCUT2D eigenvalue weighted by Gasteiger charge is 2.06. The van der Waals surface area contributed by atoms with Crippen molar-refractivity contribution in [3.05, 3.63) is 65.2 Å². The van der Waals surface area contributed by atoms with E-state index in [2.05, 4.69) is 5.32 Å². The second-order valence-electron chi connectivity index (χ2n) is 5.28. The van der Waals surface area contributed by atoms with Gasteiger partial charge < -0.3 is 14.8 Å². The molecule has 2 rings (SSSR count). The Morgan fingerprint density at radius 3 is 2.38 bits per heavy atom. The number of ether oxygens (including phenoxy) is 2. The van der Waals surface area contributed by atoms with Crippen molar-refractivity contribution in [2.45, 2.75) is 13.0 Å². The number of amides is 1. The summed E-state index contributed by atoms with van der Waals surface area (Å²) in [5, 5.41) is 3.52. The summed E-state index contributed by atoms with van der Waals surface area (Å²) in [5.74, 6) is 1.33. The fourth-order valence-corrected chi connectivity index (χ4v) is 2.10. The number of nitrogens with one attached hydrogen (secondary N) is 1. The van der Waals surface area contributed by atoms with Gasteiger partial charge in [0.15, 0.2) is 0 Å². The molecule has 0 bridgehead atoms. The quantitative estimate of drug-likeness (QED) is 0.773. The number of rotatable bonds is 7. The monoisotopic (exact) mass is 345 g/mol. The normalized spacial score (nSPS) is 12.0. The second-order valence-corrected chi connectivity index (χ2v) is 5.72. The molecule has 4 nitrogen and oxygen atoms in total. The molecule has 0 heterocycles. The van der Waals surface area contributed by atoms with E-state index in [-0.39, 0.29) is 11.9 Å². The molecule has 0 aliphatic rings. The lowest BCUT2D eigenvalue weighted by molar-refractivity contribution is -0.117. The van der Waals surface area contributed by atoms with Crippen LogP contribution >= 0.6 is 11.6 Å². The maximum Gasteiger partial charge on any atom is 0.244 e. The Kier molecular flexibility index (Phi) is 6.70. The fraction of sp³-hybridized carbons (Fsp3) is 0.211. The highest BCUT2D eigenvalue weighted by molar-refractivity contribution is 6.30. The van der Waals surface area contributed by atoms with E-state index in [1.807, 2.05) is 43.3 Å². The number of carbonyl (C=O) groups is 1. The molecule has 0 aliphatic carbocycles. The molecular formula is C19H20ClNO3. The highest BCUT2D eigenvalue weighted by Crippen LogP contribution is 2.17. The molecule has 5 heteroatoms. The molecule has 0 aromatic heterocycles. The molecule has 0 spiro atoms. The van der Waals surface area contributed by atoms with Crippen LogP contribution in [0.3, 0.4) is 0 Å². The van der Waals surface area contributed by atoms with E-state index < -0.39 is 0 Å². The molecular weight excluding hydrogens is 326 g/mol. The first-order valence-electron chi connectivity index (χ1n) is 7.58. The molecule has 24 heavy (non-hydrogen) atoms. The summed E-state index contributed by atoms with van der Waals surface area (Å²) in [4.78, 5) is 11.9. The topological polar surface area (TPSA) is 47.6 Å². The minimum atomic E-state index is -0.171. The average Bonchev–Trinajstić information content (AvgIpc) is 2.60. The van der Waals surface area contributed by atoms with Crippen LogP contribution in [0.2, 0.25) is 5.02 Å². The smallest absolute Gasteiger partial charge is 0.244 e. The number of halogens is 1. The lowest BCUT2D eigenvalue weighted by Gasteiger charge is -2.14. The van der Waals surface area contributed by atoms with E-state index >= 15 is 0 Å². The third kappa shape index (κ3) is 5.97. The minimum absolute atomic E-state index is 0.116. The summed E-state index contributed by atoms with van der Waals surface area (Å²) < 4.78 is 10.7. The van der Waals surface area contributed by atoms with Crippen LogP contribution < -0.4 is 14.8 Å². The molecule has 1 amide bonds. The van der Waals surface area contributed by atoms with Crippen LogP contribution in [0.25, 0.3) is 6.08 Å². The van der Waals surface area contributed by atoms with Gasteiger partial charge in [-0.3, -0.25) is 4.79 Å². The van der Waals surface area contributed by atoms with Crippen LogP contribution in [0.5, 0.6) is 11.5 Å². The van der Waals surface area contributed by atoms with Gasteiger partial charge >= 0.3 is 0 Å². The maximum atomic E-state index is 11.9. The molecule has 0 fully saturated rings. The van der Waals surface area contributed by atoms with Gasteiger partial charge in [-0.15, -0.1) is 0 Å². The summed E-state index contributed by atoms with van der Waals surface area (Å²) in [6, 6.07) is 14.5. The van der Waals surface area contributed by atoms with Gasteiger partial charge in [0.2, 0.25) is 5.91 Å². The van der Waals surface area contributed by atoms with Gasteiger partial charge in [0.1, 0.15) is 18.1 Å². The summed E-state index contributed by atoms with van der Waals surface area (Å²) in [5.41, 5.74) is 0.914. The molecule has 0 saturated heterocycles. The molecule has 0 radical (unpaired) electrons. The van der Waals surface area contributed by atoms with E-state index in [1.165, 1.54) is 6.08 Å². The van der Waals surface area contributed by atoms with Gasteiger partial charge in [0.25, 0.3) is 0 Å². The van der Waals surface area contributed by atoms with Crippen LogP contribution in [0, 0.1) is 0 Å². The molecule has 0 saturated carbocycles. The number of hydrogen-bond acceptors (Lipinski definition) is 3. The minimum Gasteiger partial charge on any atom is -0.497 e. The maximum absolute atomic E-state index is 11.9. The van der Waals surface area contributed by atoms with Gasteiger partial charge in [-0.2, -0.15) is 0 Å². The SMILES string of the molecule is COc1ccc(OCC(C)NC(=O)/C=C/c2ccc(Cl)cc2)cc1. The molecule has 0 aliphatic heterocycles. The van der Waals surface area contributed by atoms with Crippen molar-refractivity contribution in [1.29, 1.82) is 0 Å². The lowest BCUT2D eigenvalue weighted by atomic mass is 10.2. The van der Waals surface area contributed by atoms with Crippen LogP contribution in [-0.2, 0) is 4.79 Å². The van der Waals surface area contributed by atoms with E-state index in [1.54, 1.807) is 25.3 Å². The summed E-state index contributed by atoms with van der Waals surface area (Å²) >= 11 is 5.82. The van der Waals surface area contributed by atoms with Crippen LogP contribution in [-0.4, -0.2) is 25.7 Å². The Morgan fingerprint density at radius 1 is 1.12 bits per heavy atom. The number of hydrogen-bond donors (Lipinski definition) is 1. The summed E-state index contributed by atoms with van der Waals surface area (Å²) in [6.07, 6.45) is 3.23. The van der Waals surface area contributed by atoms with E-state index in [0.29, 0.717) is 11.6 Å². The second kappa shape index (κ2) is 8.99. The van der Waals surface area contributed by atoms with Crippen molar-refractivity contribution in [2.75, 3.05) is 13.7 Å². The molecule has 126 valence electrons. The van der Waals surface area contributed by atoms with Crippen molar-refractivity contribution in [2.24, 2.45) is 0 Å². The van der Waals surface area contributed by atoms with Crippen LogP contribution in [0.4, 0.5) is 0 Å². The highest BCUT2D eigenvalue weighted by atomic mass is 35.5. The third-order valence-corrected chi connectivity index (χ3v) is 3.50. The molecule has 1 N–H and O–H groups in total. The first-order valence-corrected chi connectivity index (χ1v) is 7.95. The zero-order valence-corrected chi connectivity index (χ0v) is 14.4. The van der Waals surface area contributed by atoms with Crippen molar-refractivity contribution < 1.29 is 14.3 Å². The van der Waals surface area contributed by atoms with Crippen LogP contribution in [0.15, 0.2) is 54.6 Å². The van der Waals surface area contributed by atoms with Crippen molar-refractivity contribution in [1.82, 2.24) is 5.32 Å². The number of carbonyl (C=O) groups excluding carboxylic acids is 1. The molecule has 1 atom stereocenters. The summed E-state index contributed by atoms with van der Waals surface area (Å²) in [6.45, 7) is 2.27. The molecule has 2 aromatic rings. The average molecular weight is 346 g/mol. The van der Waals surface area contributed by atoms with Gasteiger partial charge in [0, 0.05) is 11.1 Å². The molecule has 1 unspecified atom stereocenters.